The predicted molar refractivity (Wildman–Crippen MR) is 77.2 cm³/mol. The van der Waals surface area contributed by atoms with Crippen molar-refractivity contribution in [1.82, 2.24) is 4.90 Å². The summed E-state index contributed by atoms with van der Waals surface area (Å²) in [5.74, 6) is -0.413. The number of rotatable bonds is 4. The highest BCUT2D eigenvalue weighted by molar-refractivity contribution is 9.10. The van der Waals surface area contributed by atoms with Crippen molar-refractivity contribution in [3.8, 4) is 0 Å². The summed E-state index contributed by atoms with van der Waals surface area (Å²) in [4.78, 5) is 24.6. The summed E-state index contributed by atoms with van der Waals surface area (Å²) < 4.78 is 5.73. The minimum atomic E-state index is -0.471. The predicted octanol–water partition coefficient (Wildman–Crippen LogP) is 2.41. The zero-order chi connectivity index (χ0) is 14.7. The molecule has 0 unspecified atom stereocenters. The van der Waals surface area contributed by atoms with Crippen LogP contribution in [0.2, 0.25) is 0 Å². The van der Waals surface area contributed by atoms with Gasteiger partial charge >= 0.3 is 0 Å². The molecule has 0 radical (unpaired) electrons. The molecule has 0 aliphatic carbocycles. The lowest BCUT2D eigenvalue weighted by Gasteiger charge is -2.15. The van der Waals surface area contributed by atoms with Crippen LogP contribution in [0.25, 0.3) is 0 Å². The summed E-state index contributed by atoms with van der Waals surface area (Å²) in [5.41, 5.74) is 6.51. The lowest BCUT2D eigenvalue weighted by atomic mass is 10.1. The summed E-state index contributed by atoms with van der Waals surface area (Å²) >= 11 is 3.16. The molecule has 0 saturated carbocycles. The van der Waals surface area contributed by atoms with Crippen molar-refractivity contribution >= 4 is 27.7 Å². The number of carbonyl (C=O) groups excluding carboxylic acids is 2. The monoisotopic (exact) mass is 336 g/mol. The highest BCUT2D eigenvalue weighted by Crippen LogP contribution is 2.16. The Morgan fingerprint density at radius 2 is 1.85 bits per heavy atom. The Hall–Kier alpha value is -2.08. The van der Waals surface area contributed by atoms with Gasteiger partial charge in [-0.05, 0) is 45.8 Å². The van der Waals surface area contributed by atoms with E-state index in [4.69, 9.17) is 10.2 Å². The van der Waals surface area contributed by atoms with Crippen molar-refractivity contribution in [1.29, 1.82) is 0 Å². The van der Waals surface area contributed by atoms with E-state index >= 15 is 0 Å². The van der Waals surface area contributed by atoms with Gasteiger partial charge in [0.15, 0.2) is 10.4 Å². The topological polar surface area (TPSA) is 76.5 Å². The SMILES string of the molecule is CN(Cc1ccc(C(N)=O)cc1)C(=O)c1ccc(Br)o1. The molecule has 2 amide bonds. The van der Waals surface area contributed by atoms with E-state index in [2.05, 4.69) is 15.9 Å². The van der Waals surface area contributed by atoms with Crippen LogP contribution in [0.15, 0.2) is 45.5 Å². The third kappa shape index (κ3) is 3.27. The van der Waals surface area contributed by atoms with E-state index < -0.39 is 5.91 Å². The van der Waals surface area contributed by atoms with Crippen LogP contribution in [0.3, 0.4) is 0 Å². The van der Waals surface area contributed by atoms with Crippen LogP contribution >= 0.6 is 15.9 Å². The second kappa shape index (κ2) is 5.92. The first-order chi connectivity index (χ1) is 9.47. The number of nitrogens with zero attached hydrogens (tertiary/aromatic N) is 1. The number of furan rings is 1. The largest absolute Gasteiger partial charge is 0.444 e. The molecule has 0 aliphatic rings. The van der Waals surface area contributed by atoms with Gasteiger partial charge in [0.05, 0.1) is 0 Å². The average Bonchev–Trinajstić information content (AvgIpc) is 2.85. The molecular weight excluding hydrogens is 324 g/mol. The summed E-state index contributed by atoms with van der Waals surface area (Å²) in [6, 6.07) is 10.1. The zero-order valence-electron chi connectivity index (χ0n) is 10.8. The molecule has 0 spiro atoms. The number of carbonyl (C=O) groups is 2. The highest BCUT2D eigenvalue weighted by Gasteiger charge is 2.15. The number of hydrogen-bond acceptors (Lipinski definition) is 3. The third-order valence-corrected chi connectivity index (χ3v) is 3.22. The van der Waals surface area contributed by atoms with Crippen molar-refractivity contribution in [2.75, 3.05) is 7.05 Å². The van der Waals surface area contributed by atoms with E-state index in [1.165, 1.54) is 4.90 Å². The van der Waals surface area contributed by atoms with Crippen molar-refractivity contribution < 1.29 is 14.0 Å². The smallest absolute Gasteiger partial charge is 0.289 e. The normalized spacial score (nSPS) is 10.3. The molecule has 0 bridgehead atoms. The first kappa shape index (κ1) is 14.3. The molecule has 1 heterocycles. The summed E-state index contributed by atoms with van der Waals surface area (Å²) in [6.07, 6.45) is 0. The van der Waals surface area contributed by atoms with Crippen LogP contribution < -0.4 is 5.73 Å². The zero-order valence-corrected chi connectivity index (χ0v) is 12.4. The Bertz CT molecular complexity index is 634. The van der Waals surface area contributed by atoms with Crippen molar-refractivity contribution in [2.45, 2.75) is 6.54 Å². The van der Waals surface area contributed by atoms with Crippen molar-refractivity contribution in [3.63, 3.8) is 0 Å². The Kier molecular flexibility index (Phi) is 4.24. The molecule has 1 aromatic carbocycles. The molecule has 104 valence electrons. The van der Waals surface area contributed by atoms with E-state index in [1.54, 1.807) is 43.4 Å². The van der Waals surface area contributed by atoms with Gasteiger partial charge in [-0.25, -0.2) is 0 Å². The minimum Gasteiger partial charge on any atom is -0.444 e. The third-order valence-electron chi connectivity index (χ3n) is 2.79. The number of primary amides is 1. The lowest BCUT2D eigenvalue weighted by Crippen LogP contribution is -2.25. The van der Waals surface area contributed by atoms with E-state index in [0.29, 0.717) is 16.8 Å². The van der Waals surface area contributed by atoms with Gasteiger partial charge in [-0.1, -0.05) is 12.1 Å². The molecule has 2 N–H and O–H groups in total. The van der Waals surface area contributed by atoms with Crippen LogP contribution in [0, 0.1) is 0 Å². The fraction of sp³-hybridized carbons (Fsp3) is 0.143. The first-order valence-corrected chi connectivity index (χ1v) is 6.66. The summed E-state index contributed by atoms with van der Waals surface area (Å²) in [5, 5.41) is 0. The molecule has 0 atom stereocenters. The van der Waals surface area contributed by atoms with E-state index in [9.17, 15) is 9.59 Å². The molecule has 6 heteroatoms. The molecule has 2 rings (SSSR count). The first-order valence-electron chi connectivity index (χ1n) is 5.87. The van der Waals surface area contributed by atoms with Crippen LogP contribution in [-0.4, -0.2) is 23.8 Å². The maximum Gasteiger partial charge on any atom is 0.289 e. The van der Waals surface area contributed by atoms with Gasteiger partial charge in [-0.3, -0.25) is 9.59 Å². The second-order valence-electron chi connectivity index (χ2n) is 4.33. The number of benzene rings is 1. The van der Waals surface area contributed by atoms with E-state index in [1.807, 2.05) is 0 Å². The van der Waals surface area contributed by atoms with Gasteiger partial charge < -0.3 is 15.1 Å². The van der Waals surface area contributed by atoms with E-state index in [-0.39, 0.29) is 11.7 Å². The second-order valence-corrected chi connectivity index (χ2v) is 5.11. The Morgan fingerprint density at radius 3 is 2.35 bits per heavy atom. The van der Waals surface area contributed by atoms with Gasteiger partial charge in [0.1, 0.15) is 0 Å². The lowest BCUT2D eigenvalue weighted by molar-refractivity contribution is 0.0751. The van der Waals surface area contributed by atoms with Crippen molar-refractivity contribution in [3.05, 3.63) is 58.0 Å². The average molecular weight is 337 g/mol. The molecule has 0 aliphatic heterocycles. The maximum atomic E-state index is 12.1. The van der Waals surface area contributed by atoms with Crippen LogP contribution in [0.1, 0.15) is 26.5 Å². The molecule has 5 nitrogen and oxygen atoms in total. The van der Waals surface area contributed by atoms with Gasteiger partial charge in [0, 0.05) is 19.2 Å². The standard InChI is InChI=1S/C14H13BrN2O3/c1-17(14(19)11-6-7-12(15)20-11)8-9-2-4-10(5-3-9)13(16)18/h2-7H,8H2,1H3,(H2,16,18). The Labute approximate surface area is 124 Å². The van der Waals surface area contributed by atoms with Crippen molar-refractivity contribution in [2.24, 2.45) is 5.73 Å². The Morgan fingerprint density at radius 1 is 1.20 bits per heavy atom. The van der Waals surface area contributed by atoms with E-state index in [0.717, 1.165) is 5.56 Å². The maximum absolute atomic E-state index is 12.1. The number of halogens is 1. The van der Waals surface area contributed by atoms with Crippen LogP contribution in [0.5, 0.6) is 0 Å². The van der Waals surface area contributed by atoms with Crippen LogP contribution in [-0.2, 0) is 6.54 Å². The molecule has 2 aromatic rings. The van der Waals surface area contributed by atoms with Gasteiger partial charge in [0.2, 0.25) is 5.91 Å². The fourth-order valence-electron chi connectivity index (χ4n) is 1.74. The molecular formula is C14H13BrN2O3. The van der Waals surface area contributed by atoms with Gasteiger partial charge in [-0.2, -0.15) is 0 Å². The summed E-state index contributed by atoms with van der Waals surface area (Å²) in [7, 11) is 1.68. The Balaban J connectivity index is 2.05. The quantitative estimate of drug-likeness (QED) is 0.931. The number of amides is 2. The molecule has 1 aromatic heterocycles. The highest BCUT2D eigenvalue weighted by atomic mass is 79.9. The molecule has 0 fully saturated rings. The number of nitrogens with two attached hydrogens (primary N) is 1. The number of hydrogen-bond donors (Lipinski definition) is 1. The summed E-state index contributed by atoms with van der Waals surface area (Å²) in [6.45, 7) is 0.413. The van der Waals surface area contributed by atoms with Crippen LogP contribution in [0.4, 0.5) is 0 Å². The fourth-order valence-corrected chi connectivity index (χ4v) is 2.04. The van der Waals surface area contributed by atoms with Gasteiger partial charge in [0.25, 0.3) is 5.91 Å². The molecule has 0 saturated heterocycles. The van der Waals surface area contributed by atoms with Gasteiger partial charge in [-0.15, -0.1) is 0 Å². The molecule has 20 heavy (non-hydrogen) atoms. The minimum absolute atomic E-state index is 0.213.